The van der Waals surface area contributed by atoms with Crippen LogP contribution in [0.4, 0.5) is 0 Å². The van der Waals surface area contributed by atoms with Gasteiger partial charge >= 0.3 is 0 Å². The SMILES string of the molecule is CC=CC(N(C)C)[Si](C)(C)CCC. The van der Waals surface area contributed by atoms with Crippen LogP contribution in [0, 0.1) is 0 Å². The largest absolute Gasteiger partial charge is 0.306 e. The molecule has 1 unspecified atom stereocenters. The molecule has 78 valence electrons. The zero-order valence-corrected chi connectivity index (χ0v) is 11.1. The topological polar surface area (TPSA) is 3.24 Å². The van der Waals surface area contributed by atoms with Crippen LogP contribution in [0.15, 0.2) is 12.2 Å². The predicted molar refractivity (Wildman–Crippen MR) is 64.9 cm³/mol. The summed E-state index contributed by atoms with van der Waals surface area (Å²) in [5, 5.41) is 0. The van der Waals surface area contributed by atoms with Crippen molar-refractivity contribution in [1.82, 2.24) is 4.90 Å². The van der Waals surface area contributed by atoms with Crippen molar-refractivity contribution in [3.63, 3.8) is 0 Å². The van der Waals surface area contributed by atoms with Gasteiger partial charge in [0.2, 0.25) is 0 Å². The zero-order chi connectivity index (χ0) is 10.5. The fourth-order valence-corrected chi connectivity index (χ4v) is 5.80. The van der Waals surface area contributed by atoms with Gasteiger partial charge in [0, 0.05) is 5.67 Å². The zero-order valence-electron chi connectivity index (χ0n) is 10.1. The smallest absolute Gasteiger partial charge is 0.0716 e. The van der Waals surface area contributed by atoms with Gasteiger partial charge in [-0.05, 0) is 21.0 Å². The Balaban J connectivity index is 4.51. The fourth-order valence-electron chi connectivity index (χ4n) is 2.11. The van der Waals surface area contributed by atoms with E-state index in [4.69, 9.17) is 0 Å². The van der Waals surface area contributed by atoms with E-state index in [1.54, 1.807) is 0 Å². The Morgan fingerprint density at radius 1 is 1.31 bits per heavy atom. The van der Waals surface area contributed by atoms with E-state index < -0.39 is 8.07 Å². The molecule has 0 aliphatic heterocycles. The minimum absolute atomic E-state index is 0.692. The van der Waals surface area contributed by atoms with Gasteiger partial charge in [-0.1, -0.05) is 44.6 Å². The Morgan fingerprint density at radius 3 is 2.15 bits per heavy atom. The Labute approximate surface area is 84.8 Å². The Morgan fingerprint density at radius 2 is 1.85 bits per heavy atom. The Kier molecular flexibility index (Phi) is 5.57. The maximum atomic E-state index is 2.49. The van der Waals surface area contributed by atoms with Crippen LogP contribution in [-0.4, -0.2) is 32.7 Å². The van der Waals surface area contributed by atoms with Gasteiger partial charge < -0.3 is 4.90 Å². The summed E-state index contributed by atoms with van der Waals surface area (Å²) in [6.45, 7) is 9.38. The van der Waals surface area contributed by atoms with E-state index >= 15 is 0 Å². The van der Waals surface area contributed by atoms with Gasteiger partial charge in [0.05, 0.1) is 8.07 Å². The van der Waals surface area contributed by atoms with Crippen LogP contribution < -0.4 is 0 Å². The molecule has 0 bridgehead atoms. The third-order valence-electron chi connectivity index (χ3n) is 2.63. The first kappa shape index (κ1) is 12.9. The molecule has 0 amide bonds. The second kappa shape index (κ2) is 5.61. The number of hydrogen-bond donors (Lipinski definition) is 0. The van der Waals surface area contributed by atoms with E-state index in [0.29, 0.717) is 5.67 Å². The molecule has 0 N–H and O–H groups in total. The highest BCUT2D eigenvalue weighted by molar-refractivity contribution is 6.79. The van der Waals surface area contributed by atoms with Crippen molar-refractivity contribution in [3.8, 4) is 0 Å². The number of rotatable bonds is 5. The van der Waals surface area contributed by atoms with E-state index in [0.717, 1.165) is 0 Å². The molecule has 0 saturated carbocycles. The number of likely N-dealkylation sites (N-methyl/N-ethyl adjacent to an activating group) is 1. The molecular formula is C11H25NSi. The molecule has 1 nitrogen and oxygen atoms in total. The molecule has 0 saturated heterocycles. The minimum atomic E-state index is -1.08. The van der Waals surface area contributed by atoms with Crippen molar-refractivity contribution < 1.29 is 0 Å². The van der Waals surface area contributed by atoms with Crippen molar-refractivity contribution in [2.75, 3.05) is 14.1 Å². The number of hydrogen-bond acceptors (Lipinski definition) is 1. The lowest BCUT2D eigenvalue weighted by molar-refractivity contribution is 0.407. The molecule has 1 atom stereocenters. The van der Waals surface area contributed by atoms with Crippen LogP contribution in [0.5, 0.6) is 0 Å². The van der Waals surface area contributed by atoms with E-state index in [1.807, 2.05) is 0 Å². The third kappa shape index (κ3) is 4.10. The van der Waals surface area contributed by atoms with Gasteiger partial charge in [-0.3, -0.25) is 0 Å². The highest BCUT2D eigenvalue weighted by atomic mass is 28.3. The molecule has 0 aromatic rings. The maximum absolute atomic E-state index is 2.49. The molecule has 0 spiro atoms. The van der Waals surface area contributed by atoms with Gasteiger partial charge in [-0.25, -0.2) is 0 Å². The van der Waals surface area contributed by atoms with Crippen LogP contribution in [0.1, 0.15) is 20.3 Å². The van der Waals surface area contributed by atoms with Gasteiger partial charge in [-0.2, -0.15) is 0 Å². The van der Waals surface area contributed by atoms with Crippen LogP contribution in [-0.2, 0) is 0 Å². The van der Waals surface area contributed by atoms with Crippen molar-refractivity contribution in [3.05, 3.63) is 12.2 Å². The molecule has 0 aliphatic carbocycles. The van der Waals surface area contributed by atoms with E-state index in [9.17, 15) is 0 Å². The molecule has 0 fully saturated rings. The highest BCUT2D eigenvalue weighted by Gasteiger charge is 2.30. The summed E-state index contributed by atoms with van der Waals surface area (Å²) in [6.07, 6.45) is 5.87. The first-order chi connectivity index (χ1) is 5.95. The minimum Gasteiger partial charge on any atom is -0.306 e. The van der Waals surface area contributed by atoms with E-state index in [-0.39, 0.29) is 0 Å². The Hall–Kier alpha value is -0.0831. The highest BCUT2D eigenvalue weighted by Crippen LogP contribution is 2.20. The summed E-state index contributed by atoms with van der Waals surface area (Å²) in [6, 6.07) is 1.42. The summed E-state index contributed by atoms with van der Waals surface area (Å²) < 4.78 is 0. The van der Waals surface area contributed by atoms with Crippen molar-refractivity contribution in [2.45, 2.75) is 45.1 Å². The van der Waals surface area contributed by atoms with Crippen molar-refractivity contribution in [2.24, 2.45) is 0 Å². The van der Waals surface area contributed by atoms with Gasteiger partial charge in [0.25, 0.3) is 0 Å². The number of allylic oxidation sites excluding steroid dienone is 1. The molecule has 0 radical (unpaired) electrons. The van der Waals surface area contributed by atoms with E-state index in [1.165, 1.54) is 12.5 Å². The van der Waals surface area contributed by atoms with Gasteiger partial charge in [0.1, 0.15) is 0 Å². The molecule has 2 heteroatoms. The molecule has 0 rings (SSSR count). The molecule has 13 heavy (non-hydrogen) atoms. The van der Waals surface area contributed by atoms with Crippen molar-refractivity contribution >= 4 is 8.07 Å². The lowest BCUT2D eigenvalue weighted by Gasteiger charge is -2.35. The fraction of sp³-hybridized carbons (Fsp3) is 0.818. The summed E-state index contributed by atoms with van der Waals surface area (Å²) in [4.78, 5) is 2.36. The third-order valence-corrected chi connectivity index (χ3v) is 6.72. The lowest BCUT2D eigenvalue weighted by atomic mass is 10.5. The van der Waals surface area contributed by atoms with Gasteiger partial charge in [-0.15, -0.1) is 0 Å². The van der Waals surface area contributed by atoms with Crippen molar-refractivity contribution in [1.29, 1.82) is 0 Å². The first-order valence-corrected chi connectivity index (χ1v) is 8.53. The monoisotopic (exact) mass is 199 g/mol. The molecule has 0 heterocycles. The average molecular weight is 199 g/mol. The van der Waals surface area contributed by atoms with Gasteiger partial charge in [0.15, 0.2) is 0 Å². The average Bonchev–Trinajstić information content (AvgIpc) is 1.99. The summed E-state index contributed by atoms with van der Waals surface area (Å²) in [5.74, 6) is 0. The quantitative estimate of drug-likeness (QED) is 0.486. The molecule has 0 aromatic carbocycles. The summed E-state index contributed by atoms with van der Waals surface area (Å²) in [5.41, 5.74) is 0.692. The van der Waals surface area contributed by atoms with E-state index in [2.05, 4.69) is 58.1 Å². The first-order valence-electron chi connectivity index (χ1n) is 5.25. The second-order valence-corrected chi connectivity index (χ2v) is 9.74. The normalized spacial score (nSPS) is 15.6. The summed E-state index contributed by atoms with van der Waals surface area (Å²) >= 11 is 0. The predicted octanol–water partition coefficient (Wildman–Crippen LogP) is 3.15. The van der Waals surface area contributed by atoms with Crippen LogP contribution >= 0.6 is 0 Å². The molecule has 0 aromatic heterocycles. The number of nitrogens with zero attached hydrogens (tertiary/aromatic N) is 1. The molecule has 0 aliphatic rings. The maximum Gasteiger partial charge on any atom is 0.0716 e. The molecular weight excluding hydrogens is 174 g/mol. The van der Waals surface area contributed by atoms with Crippen LogP contribution in [0.25, 0.3) is 0 Å². The summed E-state index contributed by atoms with van der Waals surface area (Å²) in [7, 11) is 3.30. The lowest BCUT2D eigenvalue weighted by Crippen LogP contribution is -2.48. The van der Waals surface area contributed by atoms with Crippen LogP contribution in [0.3, 0.4) is 0 Å². The standard InChI is InChI=1S/C11H25NSi/c1-7-9-11(12(3)4)13(5,6)10-8-2/h7,9,11H,8,10H2,1-6H3. The second-order valence-electron chi connectivity index (χ2n) is 4.67. The Bertz CT molecular complexity index is 161. The van der Waals surface area contributed by atoms with Crippen LogP contribution in [0.2, 0.25) is 19.1 Å².